The molecule has 0 radical (unpaired) electrons. The van der Waals surface area contributed by atoms with Crippen LogP contribution in [-0.4, -0.2) is 30.0 Å². The number of hydrogen-bond donors (Lipinski definition) is 2. The third kappa shape index (κ3) is 5.86. The van der Waals surface area contributed by atoms with Crippen LogP contribution in [0, 0.1) is 0 Å². The SMILES string of the molecule is COc1ccc(OC)c(/C=C/C(=O)Oc2ccc3cc4cc(-c5ccc(P(=O)(O)O)cc5)ccc4cc3c2)c1. The number of fused-ring (bicyclic) bond motifs is 2. The van der Waals surface area contributed by atoms with Crippen molar-refractivity contribution in [1.29, 1.82) is 0 Å². The molecule has 0 aromatic heterocycles. The quantitative estimate of drug-likeness (QED) is 0.0846. The fourth-order valence-electron chi connectivity index (χ4n) is 4.34. The number of carbonyl (C=O) groups is 1. The van der Waals surface area contributed by atoms with Crippen LogP contribution in [0.1, 0.15) is 5.56 Å². The molecule has 39 heavy (non-hydrogen) atoms. The summed E-state index contributed by atoms with van der Waals surface area (Å²) < 4.78 is 27.6. The summed E-state index contributed by atoms with van der Waals surface area (Å²) in [5.74, 6) is 1.17. The smallest absolute Gasteiger partial charge is 0.356 e. The first-order chi connectivity index (χ1) is 18.7. The first-order valence-electron chi connectivity index (χ1n) is 12.0. The Kier molecular flexibility index (Phi) is 7.22. The van der Waals surface area contributed by atoms with Crippen molar-refractivity contribution in [3.8, 4) is 28.4 Å². The van der Waals surface area contributed by atoms with Gasteiger partial charge in [0.15, 0.2) is 0 Å². The van der Waals surface area contributed by atoms with Crippen LogP contribution < -0.4 is 19.5 Å². The van der Waals surface area contributed by atoms with Crippen LogP contribution in [0.2, 0.25) is 0 Å². The molecule has 8 heteroatoms. The van der Waals surface area contributed by atoms with Gasteiger partial charge in [-0.05, 0) is 99.4 Å². The number of hydrogen-bond acceptors (Lipinski definition) is 5. The number of rotatable bonds is 7. The zero-order valence-corrected chi connectivity index (χ0v) is 22.1. The van der Waals surface area contributed by atoms with Crippen molar-refractivity contribution >= 4 is 46.5 Å². The monoisotopic (exact) mass is 540 g/mol. The standard InChI is InChI=1S/C31H25O7P/c1-36-27-10-13-30(37-2)24(18-27)8-14-31(32)38-28-9-5-23-16-25-15-21(3-4-22(25)17-26(23)19-28)20-6-11-29(12-7-20)39(33,34)35/h3-19H,1-2H3,(H2,33,34,35)/b14-8+. The molecule has 2 N–H and O–H groups in total. The zero-order valence-electron chi connectivity index (χ0n) is 21.2. The normalized spacial score (nSPS) is 11.7. The topological polar surface area (TPSA) is 102 Å². The Bertz CT molecular complexity index is 1770. The molecule has 0 saturated carbocycles. The van der Waals surface area contributed by atoms with E-state index in [0.29, 0.717) is 22.8 Å². The van der Waals surface area contributed by atoms with Crippen molar-refractivity contribution in [3.63, 3.8) is 0 Å². The lowest BCUT2D eigenvalue weighted by molar-refractivity contribution is -0.128. The minimum absolute atomic E-state index is 0.00921. The fraction of sp³-hybridized carbons (Fsp3) is 0.0645. The molecule has 0 aliphatic heterocycles. The highest BCUT2D eigenvalue weighted by atomic mass is 31.2. The lowest BCUT2D eigenvalue weighted by Crippen LogP contribution is -2.03. The molecule has 0 amide bonds. The second kappa shape index (κ2) is 10.8. The molecule has 0 spiro atoms. The first kappa shape index (κ1) is 26.2. The van der Waals surface area contributed by atoms with Gasteiger partial charge in [-0.25, -0.2) is 4.79 Å². The summed E-state index contributed by atoms with van der Waals surface area (Å²) in [5.41, 5.74) is 2.48. The molecular weight excluding hydrogens is 515 g/mol. The molecule has 0 aliphatic rings. The number of carbonyl (C=O) groups excluding carboxylic acids is 1. The molecule has 0 bridgehead atoms. The molecule has 5 aromatic rings. The third-order valence-corrected chi connectivity index (χ3v) is 7.33. The Balaban J connectivity index is 1.36. The molecule has 196 valence electrons. The van der Waals surface area contributed by atoms with Crippen LogP contribution in [0.15, 0.2) is 97.1 Å². The number of benzene rings is 5. The summed E-state index contributed by atoms with van der Waals surface area (Å²) in [6, 6.07) is 27.2. The summed E-state index contributed by atoms with van der Waals surface area (Å²) in [7, 11) is -1.15. The largest absolute Gasteiger partial charge is 0.497 e. The summed E-state index contributed by atoms with van der Waals surface area (Å²) in [5, 5.41) is 3.91. The molecular formula is C31H25O7P. The number of methoxy groups -OCH3 is 2. The van der Waals surface area contributed by atoms with Crippen molar-refractivity contribution in [2.75, 3.05) is 14.2 Å². The average Bonchev–Trinajstić information content (AvgIpc) is 2.94. The Morgan fingerprint density at radius 2 is 1.33 bits per heavy atom. The molecule has 5 rings (SSSR count). The maximum Gasteiger partial charge on any atom is 0.356 e. The summed E-state index contributed by atoms with van der Waals surface area (Å²) >= 11 is 0. The van der Waals surface area contributed by atoms with Crippen molar-refractivity contribution in [3.05, 3.63) is 103 Å². The molecule has 5 aromatic carbocycles. The molecule has 7 nitrogen and oxygen atoms in total. The van der Waals surface area contributed by atoms with Gasteiger partial charge >= 0.3 is 13.6 Å². The van der Waals surface area contributed by atoms with E-state index < -0.39 is 13.6 Å². The minimum Gasteiger partial charge on any atom is -0.497 e. The molecule has 0 saturated heterocycles. The molecule has 0 heterocycles. The molecule has 0 fully saturated rings. The molecule has 0 aliphatic carbocycles. The Hall–Kier alpha value is -4.42. The van der Waals surface area contributed by atoms with E-state index in [1.807, 2.05) is 36.4 Å². The van der Waals surface area contributed by atoms with Crippen LogP contribution in [0.5, 0.6) is 17.2 Å². The Morgan fingerprint density at radius 3 is 2.00 bits per heavy atom. The second-order valence-electron chi connectivity index (χ2n) is 8.88. The van der Waals surface area contributed by atoms with Crippen LogP contribution in [0.25, 0.3) is 38.7 Å². The van der Waals surface area contributed by atoms with Gasteiger partial charge in [-0.1, -0.05) is 30.3 Å². The Morgan fingerprint density at radius 1 is 0.692 bits per heavy atom. The van der Waals surface area contributed by atoms with Crippen LogP contribution >= 0.6 is 7.60 Å². The highest BCUT2D eigenvalue weighted by molar-refractivity contribution is 7.60. The van der Waals surface area contributed by atoms with E-state index in [1.165, 1.54) is 18.2 Å². The highest BCUT2D eigenvalue weighted by Crippen LogP contribution is 2.34. The van der Waals surface area contributed by atoms with Gasteiger partial charge in [-0.2, -0.15) is 0 Å². The van der Waals surface area contributed by atoms with Crippen molar-refractivity contribution in [2.24, 2.45) is 0 Å². The first-order valence-corrected chi connectivity index (χ1v) is 13.6. The third-order valence-electron chi connectivity index (χ3n) is 6.36. The van der Waals surface area contributed by atoms with Gasteiger partial charge in [0.1, 0.15) is 17.2 Å². The van der Waals surface area contributed by atoms with E-state index in [4.69, 9.17) is 14.2 Å². The van der Waals surface area contributed by atoms with Crippen LogP contribution in [-0.2, 0) is 9.36 Å². The summed E-state index contributed by atoms with van der Waals surface area (Å²) in [6.45, 7) is 0. The van der Waals surface area contributed by atoms with Gasteiger partial charge in [0.2, 0.25) is 0 Å². The minimum atomic E-state index is -4.28. The maximum atomic E-state index is 12.5. The van der Waals surface area contributed by atoms with Crippen LogP contribution in [0.3, 0.4) is 0 Å². The Labute approximate surface area is 225 Å². The predicted octanol–water partition coefficient (Wildman–Crippen LogP) is 6.10. The predicted molar refractivity (Wildman–Crippen MR) is 153 cm³/mol. The van der Waals surface area contributed by atoms with Gasteiger partial charge in [0, 0.05) is 11.6 Å². The van der Waals surface area contributed by atoms with E-state index in [0.717, 1.165) is 32.7 Å². The zero-order chi connectivity index (χ0) is 27.6. The lowest BCUT2D eigenvalue weighted by Gasteiger charge is -2.09. The van der Waals surface area contributed by atoms with Crippen LogP contribution in [0.4, 0.5) is 0 Å². The van der Waals surface area contributed by atoms with Gasteiger partial charge in [0.05, 0.1) is 19.5 Å². The number of esters is 1. The molecule has 0 atom stereocenters. The highest BCUT2D eigenvalue weighted by Gasteiger charge is 2.16. The van der Waals surface area contributed by atoms with E-state index in [-0.39, 0.29) is 5.30 Å². The van der Waals surface area contributed by atoms with Gasteiger partial charge in [-0.3, -0.25) is 4.57 Å². The van der Waals surface area contributed by atoms with Gasteiger partial charge in [0.25, 0.3) is 0 Å². The van der Waals surface area contributed by atoms with Crippen molar-refractivity contribution < 1.29 is 33.4 Å². The van der Waals surface area contributed by atoms with E-state index >= 15 is 0 Å². The van der Waals surface area contributed by atoms with Crippen molar-refractivity contribution in [1.82, 2.24) is 0 Å². The number of ether oxygens (including phenoxy) is 3. The van der Waals surface area contributed by atoms with Gasteiger partial charge in [-0.15, -0.1) is 0 Å². The lowest BCUT2D eigenvalue weighted by atomic mass is 9.98. The fourth-order valence-corrected chi connectivity index (χ4v) is 4.88. The summed E-state index contributed by atoms with van der Waals surface area (Å²) in [6.07, 6.45) is 2.96. The van der Waals surface area contributed by atoms with Gasteiger partial charge < -0.3 is 24.0 Å². The maximum absolute atomic E-state index is 12.5. The average molecular weight is 541 g/mol. The molecule has 0 unspecified atom stereocenters. The van der Waals surface area contributed by atoms with E-state index in [2.05, 4.69) is 6.07 Å². The van der Waals surface area contributed by atoms with E-state index in [9.17, 15) is 19.1 Å². The second-order valence-corrected chi connectivity index (χ2v) is 10.5. The van der Waals surface area contributed by atoms with Crippen molar-refractivity contribution in [2.45, 2.75) is 0 Å². The summed E-state index contributed by atoms with van der Waals surface area (Å²) in [4.78, 5) is 31.2. The van der Waals surface area contributed by atoms with E-state index in [1.54, 1.807) is 56.7 Å².